The van der Waals surface area contributed by atoms with Crippen LogP contribution < -0.4 is 0 Å². The minimum Gasteiger partial charge on any atom is -0.0777 e. The Kier molecular flexibility index (Phi) is 6.91. The molecule has 0 aliphatic heterocycles. The first kappa shape index (κ1) is 11.9. The Labute approximate surface area is 95.6 Å². The van der Waals surface area contributed by atoms with E-state index >= 15 is 0 Å². The number of halogens is 3. The summed E-state index contributed by atoms with van der Waals surface area (Å²) in [6, 6.07) is 5.93. The molecular weight excluding hydrogens is 352 g/mol. The van der Waals surface area contributed by atoms with Crippen molar-refractivity contribution < 1.29 is 0 Å². The van der Waals surface area contributed by atoms with Crippen LogP contribution in [-0.2, 0) is 0 Å². The van der Waals surface area contributed by atoms with Gasteiger partial charge in [-0.15, -0.1) is 0 Å². The second-order valence-corrected chi connectivity index (χ2v) is 4.04. The predicted molar refractivity (Wildman–Crippen MR) is 65.3 cm³/mol. The highest BCUT2D eigenvalue weighted by Crippen LogP contribution is 2.29. The van der Waals surface area contributed by atoms with Gasteiger partial charge in [-0.05, 0) is 70.2 Å². The van der Waals surface area contributed by atoms with Gasteiger partial charge in [-0.1, -0.05) is 12.6 Å². The molecule has 0 saturated heterocycles. The summed E-state index contributed by atoms with van der Waals surface area (Å²) in [4.78, 5) is 0. The average molecular weight is 361 g/mol. The van der Waals surface area contributed by atoms with Crippen LogP contribution >= 0.6 is 47.8 Å². The van der Waals surface area contributed by atoms with E-state index in [0.29, 0.717) is 0 Å². The predicted octanol–water partition coefficient (Wildman–Crippen LogP) is 3.37. The van der Waals surface area contributed by atoms with Gasteiger partial charge < -0.3 is 0 Å². The quantitative estimate of drug-likeness (QED) is 0.491. The van der Waals surface area contributed by atoms with Crippen LogP contribution in [0.4, 0.5) is 0 Å². The molecular formula is C7H9Br3Si. The third-order valence-electron chi connectivity index (χ3n) is 0.904. The Morgan fingerprint density at radius 2 is 1.36 bits per heavy atom. The van der Waals surface area contributed by atoms with Crippen LogP contribution in [0.3, 0.4) is 0 Å². The Hall–Kier alpha value is 0.877. The van der Waals surface area contributed by atoms with E-state index in [9.17, 15) is 0 Å². The Bertz CT molecular complexity index is 205. The number of hydrogen-bond acceptors (Lipinski definition) is 0. The molecule has 4 heteroatoms. The van der Waals surface area contributed by atoms with Crippen molar-refractivity contribution in [1.29, 1.82) is 0 Å². The third-order valence-corrected chi connectivity index (χ3v) is 4.14. The van der Waals surface area contributed by atoms with Gasteiger partial charge in [0, 0.05) is 13.4 Å². The Morgan fingerprint density at radius 3 is 1.64 bits per heavy atom. The normalized spacial score (nSPS) is 8.73. The van der Waals surface area contributed by atoms with Crippen LogP contribution in [0.2, 0.25) is 6.55 Å². The molecule has 0 fully saturated rings. The zero-order valence-electron chi connectivity index (χ0n) is 6.37. The van der Waals surface area contributed by atoms with Gasteiger partial charge in [0.05, 0.1) is 0 Å². The summed E-state index contributed by atoms with van der Waals surface area (Å²) in [6.07, 6.45) is 0. The fourth-order valence-electron chi connectivity index (χ4n) is 0.477. The zero-order valence-corrected chi connectivity index (χ0v) is 13.1. The fourth-order valence-corrected chi connectivity index (χ4v) is 1.74. The molecule has 0 heterocycles. The fraction of sp³-hybridized carbons (Fsp3) is 0.143. The second kappa shape index (κ2) is 6.40. The van der Waals surface area contributed by atoms with Crippen molar-refractivity contribution in [3.8, 4) is 0 Å². The Morgan fingerprint density at radius 1 is 1.00 bits per heavy atom. The van der Waals surface area contributed by atoms with Crippen LogP contribution in [0, 0.1) is 0 Å². The van der Waals surface area contributed by atoms with Gasteiger partial charge in [0.15, 0.2) is 0 Å². The number of benzene rings is 1. The first-order chi connectivity index (χ1) is 5.22. The molecule has 0 aliphatic rings. The number of hydrogen-bond donors (Lipinski definition) is 0. The van der Waals surface area contributed by atoms with E-state index in [1.165, 1.54) is 10.2 Å². The summed E-state index contributed by atoms with van der Waals surface area (Å²) in [5, 5.41) is 0. The molecule has 0 radical (unpaired) electrons. The van der Waals surface area contributed by atoms with Crippen molar-refractivity contribution in [1.82, 2.24) is 0 Å². The lowest BCUT2D eigenvalue weighted by Gasteiger charge is -1.95. The maximum absolute atomic E-state index is 3.39. The lowest BCUT2D eigenvalue weighted by Crippen LogP contribution is -1.69. The maximum Gasteiger partial charge on any atom is 0.0459 e. The monoisotopic (exact) mass is 358 g/mol. The van der Waals surface area contributed by atoms with Crippen LogP contribution in [0.1, 0.15) is 0 Å². The first-order valence-corrected chi connectivity index (χ1v) is 7.69. The lowest BCUT2D eigenvalue weighted by atomic mass is 10.4. The summed E-state index contributed by atoms with van der Waals surface area (Å²) in [5.41, 5.74) is 0. The molecule has 0 spiro atoms. The van der Waals surface area contributed by atoms with Gasteiger partial charge in [0.1, 0.15) is 0 Å². The van der Waals surface area contributed by atoms with Crippen molar-refractivity contribution in [2.24, 2.45) is 0 Å². The van der Waals surface area contributed by atoms with Gasteiger partial charge in [-0.2, -0.15) is 0 Å². The molecule has 1 aromatic rings. The Balaban J connectivity index is 0.000000461. The molecule has 1 aromatic carbocycles. The van der Waals surface area contributed by atoms with E-state index in [2.05, 4.69) is 54.3 Å². The molecule has 0 amide bonds. The molecule has 11 heavy (non-hydrogen) atoms. The van der Waals surface area contributed by atoms with Gasteiger partial charge in [0.2, 0.25) is 0 Å². The third kappa shape index (κ3) is 3.87. The van der Waals surface area contributed by atoms with Gasteiger partial charge in [0.25, 0.3) is 0 Å². The summed E-state index contributed by atoms with van der Waals surface area (Å²) < 4.78 is 3.19. The highest BCUT2D eigenvalue weighted by Gasteiger charge is 1.97. The molecule has 0 atom stereocenters. The average Bonchev–Trinajstić information content (AvgIpc) is 2.04. The first-order valence-electron chi connectivity index (χ1n) is 3.31. The van der Waals surface area contributed by atoms with Gasteiger partial charge in [-0.3, -0.25) is 0 Å². The highest BCUT2D eigenvalue weighted by atomic mass is 79.9. The van der Waals surface area contributed by atoms with E-state index in [4.69, 9.17) is 0 Å². The lowest BCUT2D eigenvalue weighted by molar-refractivity contribution is 1.54. The molecule has 0 N–H and O–H groups in total. The highest BCUT2D eigenvalue weighted by molar-refractivity contribution is 9.14. The molecule has 0 aliphatic carbocycles. The smallest absolute Gasteiger partial charge is 0.0459 e. The molecule has 62 valence electrons. The van der Waals surface area contributed by atoms with Gasteiger partial charge >= 0.3 is 0 Å². The van der Waals surface area contributed by atoms with Crippen molar-refractivity contribution in [2.75, 3.05) is 0 Å². The zero-order chi connectivity index (χ0) is 8.85. The summed E-state index contributed by atoms with van der Waals surface area (Å²) >= 11 is 10.1. The standard InChI is InChI=1S/C6H3Br3.CH6Si/c7-4-2-1-3-5(8)6(4)9;1-2/h1-3H;1-2H3. The van der Waals surface area contributed by atoms with E-state index in [1.807, 2.05) is 18.2 Å². The topological polar surface area (TPSA) is 0 Å². The summed E-state index contributed by atoms with van der Waals surface area (Å²) in [6.45, 7) is 2.14. The largest absolute Gasteiger partial charge is 0.0777 e. The SMILES string of the molecule is Brc1cccc(Br)c1Br.C[SiH3]. The van der Waals surface area contributed by atoms with Crippen LogP contribution in [0.5, 0.6) is 0 Å². The van der Waals surface area contributed by atoms with Crippen LogP contribution in [-0.4, -0.2) is 10.2 Å². The van der Waals surface area contributed by atoms with Gasteiger partial charge in [-0.25, -0.2) is 0 Å². The van der Waals surface area contributed by atoms with E-state index in [0.717, 1.165) is 13.4 Å². The maximum atomic E-state index is 3.39. The summed E-state index contributed by atoms with van der Waals surface area (Å²) in [5.74, 6) is 0. The van der Waals surface area contributed by atoms with E-state index in [1.54, 1.807) is 0 Å². The van der Waals surface area contributed by atoms with Crippen LogP contribution in [0.25, 0.3) is 0 Å². The number of rotatable bonds is 0. The molecule has 1 rings (SSSR count). The van der Waals surface area contributed by atoms with Crippen molar-refractivity contribution in [3.05, 3.63) is 31.6 Å². The minimum absolute atomic E-state index is 1.06. The summed E-state index contributed by atoms with van der Waals surface area (Å²) in [7, 11) is 1.31. The molecule has 0 aromatic heterocycles. The molecule has 0 nitrogen and oxygen atoms in total. The molecule has 0 bridgehead atoms. The molecule has 0 saturated carbocycles. The second-order valence-electron chi connectivity index (χ2n) is 1.54. The van der Waals surface area contributed by atoms with Crippen molar-refractivity contribution >= 4 is 58.0 Å². The van der Waals surface area contributed by atoms with E-state index in [-0.39, 0.29) is 0 Å². The van der Waals surface area contributed by atoms with Crippen molar-refractivity contribution in [2.45, 2.75) is 6.55 Å². The minimum atomic E-state index is 1.06. The van der Waals surface area contributed by atoms with E-state index < -0.39 is 0 Å². The van der Waals surface area contributed by atoms with Crippen molar-refractivity contribution in [3.63, 3.8) is 0 Å². The van der Waals surface area contributed by atoms with Crippen LogP contribution in [0.15, 0.2) is 31.6 Å². The molecule has 0 unspecified atom stereocenters.